The SMILES string of the molecule is CCN(CC)c1ccc2oc3ccccc3c2c1.O=[N+]([O-])c1ccc2c(ccc3c4c(ccc32)CCCC4)c1. The van der Waals surface area contributed by atoms with E-state index in [-0.39, 0.29) is 10.6 Å². The third-order valence-electron chi connectivity index (χ3n) is 8.03. The van der Waals surface area contributed by atoms with Gasteiger partial charge in [-0.3, -0.25) is 10.1 Å². The first-order chi connectivity index (χ1) is 19.1. The topological polar surface area (TPSA) is 59.5 Å². The maximum atomic E-state index is 10.9. The predicted octanol–water partition coefficient (Wildman–Crippen LogP) is 9.21. The second-order valence-corrected chi connectivity index (χ2v) is 10.2. The van der Waals surface area contributed by atoms with Crippen LogP contribution in [0.2, 0.25) is 0 Å². The largest absolute Gasteiger partial charge is 0.456 e. The molecule has 196 valence electrons. The quantitative estimate of drug-likeness (QED) is 0.133. The molecule has 0 aliphatic heterocycles. The summed E-state index contributed by atoms with van der Waals surface area (Å²) in [5, 5.41) is 17.9. The smallest absolute Gasteiger partial charge is 0.270 e. The average Bonchev–Trinajstić information content (AvgIpc) is 3.35. The molecule has 0 spiro atoms. The molecule has 6 aromatic rings. The number of furan rings is 1. The third kappa shape index (κ3) is 4.59. The van der Waals surface area contributed by atoms with Crippen LogP contribution in [0.4, 0.5) is 11.4 Å². The maximum Gasteiger partial charge on any atom is 0.270 e. The van der Waals surface area contributed by atoms with Crippen LogP contribution in [-0.2, 0) is 12.8 Å². The summed E-state index contributed by atoms with van der Waals surface area (Å²) < 4.78 is 5.84. The molecule has 0 saturated carbocycles. The second-order valence-electron chi connectivity index (χ2n) is 10.2. The molecule has 0 atom stereocenters. The Morgan fingerprint density at radius 1 is 0.744 bits per heavy atom. The third-order valence-corrected chi connectivity index (χ3v) is 8.03. The molecule has 1 aliphatic rings. The van der Waals surface area contributed by atoms with Crippen LogP contribution in [0.15, 0.2) is 89.3 Å². The van der Waals surface area contributed by atoms with E-state index in [4.69, 9.17) is 4.42 Å². The molecule has 0 bridgehead atoms. The minimum Gasteiger partial charge on any atom is -0.456 e. The fourth-order valence-corrected chi connectivity index (χ4v) is 6.00. The maximum absolute atomic E-state index is 10.9. The molecule has 5 aromatic carbocycles. The minimum absolute atomic E-state index is 0.153. The van der Waals surface area contributed by atoms with Crippen LogP contribution in [0.5, 0.6) is 0 Å². The Morgan fingerprint density at radius 3 is 2.31 bits per heavy atom. The monoisotopic (exact) mass is 516 g/mol. The Hall–Kier alpha value is -4.38. The van der Waals surface area contributed by atoms with Crippen molar-refractivity contribution in [1.82, 2.24) is 0 Å². The number of fused-ring (bicyclic) bond motifs is 8. The van der Waals surface area contributed by atoms with Gasteiger partial charge in [-0.15, -0.1) is 0 Å². The summed E-state index contributed by atoms with van der Waals surface area (Å²) in [4.78, 5) is 12.9. The van der Waals surface area contributed by atoms with Gasteiger partial charge < -0.3 is 9.32 Å². The number of hydrogen-bond acceptors (Lipinski definition) is 4. The standard InChI is InChI=1S/C18H15NO2.C16H17NO/c20-19(21)14-7-10-16-13(11-14)6-9-17-15-4-2-1-3-12(15)5-8-18(16)17;1-3-17(4-2)12-9-10-16-14(11-12)13-7-5-6-8-15(13)18-16/h5-11H,1-4H2;5-11H,3-4H2,1-2H3. The molecule has 5 heteroatoms. The molecule has 0 N–H and O–H groups in total. The fourth-order valence-electron chi connectivity index (χ4n) is 6.00. The zero-order valence-electron chi connectivity index (χ0n) is 22.4. The first-order valence-electron chi connectivity index (χ1n) is 13.8. The number of aryl methyl sites for hydroxylation is 2. The molecule has 5 nitrogen and oxygen atoms in total. The van der Waals surface area contributed by atoms with Crippen molar-refractivity contribution in [1.29, 1.82) is 0 Å². The highest BCUT2D eigenvalue weighted by molar-refractivity contribution is 6.09. The van der Waals surface area contributed by atoms with Gasteiger partial charge in [0.25, 0.3) is 5.69 Å². The number of nitro groups is 1. The number of nitro benzene ring substituents is 1. The molecule has 0 amide bonds. The van der Waals surface area contributed by atoms with E-state index in [9.17, 15) is 10.1 Å². The lowest BCUT2D eigenvalue weighted by Gasteiger charge is -2.20. The number of hydrogen-bond donors (Lipinski definition) is 0. The Balaban J connectivity index is 0.000000144. The van der Waals surface area contributed by atoms with Gasteiger partial charge in [0.15, 0.2) is 0 Å². The summed E-state index contributed by atoms with van der Waals surface area (Å²) in [6.45, 7) is 6.41. The summed E-state index contributed by atoms with van der Waals surface area (Å²) in [5.41, 5.74) is 6.28. The number of rotatable bonds is 4. The van der Waals surface area contributed by atoms with Crippen molar-refractivity contribution in [2.75, 3.05) is 18.0 Å². The second kappa shape index (κ2) is 10.4. The normalized spacial score (nSPS) is 12.9. The van der Waals surface area contributed by atoms with Gasteiger partial charge in [-0.25, -0.2) is 0 Å². The summed E-state index contributed by atoms with van der Waals surface area (Å²) in [6, 6.07) is 28.3. The Morgan fingerprint density at radius 2 is 1.49 bits per heavy atom. The van der Waals surface area contributed by atoms with Gasteiger partial charge in [-0.1, -0.05) is 42.5 Å². The molecule has 0 saturated heterocycles. The van der Waals surface area contributed by atoms with Crippen molar-refractivity contribution in [3.8, 4) is 0 Å². The van der Waals surface area contributed by atoms with Crippen molar-refractivity contribution in [3.63, 3.8) is 0 Å². The average molecular weight is 517 g/mol. The highest BCUT2D eigenvalue weighted by atomic mass is 16.6. The van der Waals surface area contributed by atoms with Crippen LogP contribution in [0.1, 0.15) is 37.8 Å². The van der Waals surface area contributed by atoms with Crippen LogP contribution < -0.4 is 4.90 Å². The Labute approximate surface area is 227 Å². The number of para-hydroxylation sites is 1. The van der Waals surface area contributed by atoms with E-state index < -0.39 is 0 Å². The summed E-state index contributed by atoms with van der Waals surface area (Å²) in [7, 11) is 0. The van der Waals surface area contributed by atoms with E-state index >= 15 is 0 Å². The van der Waals surface area contributed by atoms with Crippen LogP contribution in [-0.4, -0.2) is 18.0 Å². The van der Waals surface area contributed by atoms with E-state index in [0.29, 0.717) is 0 Å². The molecule has 1 aromatic heterocycles. The molecule has 1 heterocycles. The molecule has 39 heavy (non-hydrogen) atoms. The van der Waals surface area contributed by atoms with Crippen LogP contribution >= 0.6 is 0 Å². The van der Waals surface area contributed by atoms with E-state index in [1.54, 1.807) is 12.1 Å². The van der Waals surface area contributed by atoms with Crippen molar-refractivity contribution >= 4 is 54.9 Å². The van der Waals surface area contributed by atoms with Crippen LogP contribution in [0, 0.1) is 10.1 Å². The highest BCUT2D eigenvalue weighted by Gasteiger charge is 2.15. The van der Waals surface area contributed by atoms with Gasteiger partial charge in [-0.05, 0) is 103 Å². The van der Waals surface area contributed by atoms with Gasteiger partial charge in [-0.2, -0.15) is 0 Å². The van der Waals surface area contributed by atoms with Gasteiger partial charge in [0.05, 0.1) is 4.92 Å². The molecular formula is C34H32N2O3. The molecule has 0 radical (unpaired) electrons. The van der Waals surface area contributed by atoms with Crippen molar-refractivity contribution in [2.45, 2.75) is 39.5 Å². The predicted molar refractivity (Wildman–Crippen MR) is 162 cm³/mol. The molecule has 1 aliphatic carbocycles. The summed E-state index contributed by atoms with van der Waals surface area (Å²) in [6.07, 6.45) is 4.84. The van der Waals surface area contributed by atoms with Crippen LogP contribution in [0.3, 0.4) is 0 Å². The van der Waals surface area contributed by atoms with Gasteiger partial charge in [0.2, 0.25) is 0 Å². The number of benzene rings is 5. The zero-order valence-corrected chi connectivity index (χ0v) is 22.4. The van der Waals surface area contributed by atoms with Crippen LogP contribution in [0.25, 0.3) is 43.5 Å². The van der Waals surface area contributed by atoms with Crippen molar-refractivity contribution < 1.29 is 9.34 Å². The Bertz CT molecular complexity index is 1830. The minimum atomic E-state index is -0.337. The van der Waals surface area contributed by atoms with Gasteiger partial charge >= 0.3 is 0 Å². The Kier molecular flexibility index (Phi) is 6.65. The van der Waals surface area contributed by atoms with E-state index in [1.807, 2.05) is 24.3 Å². The number of nitrogens with zero attached hydrogens (tertiary/aromatic N) is 2. The van der Waals surface area contributed by atoms with Crippen molar-refractivity contribution in [3.05, 3.63) is 106 Å². The lowest BCUT2D eigenvalue weighted by Crippen LogP contribution is -2.21. The number of non-ortho nitro benzene ring substituents is 1. The first kappa shape index (κ1) is 24.9. The van der Waals surface area contributed by atoms with Crippen molar-refractivity contribution in [2.24, 2.45) is 0 Å². The number of anilines is 1. The lowest BCUT2D eigenvalue weighted by molar-refractivity contribution is -0.384. The van der Waals surface area contributed by atoms with E-state index in [1.165, 1.54) is 57.6 Å². The zero-order chi connectivity index (χ0) is 26.9. The fraction of sp³-hybridized carbons (Fsp3) is 0.235. The van der Waals surface area contributed by atoms with E-state index in [0.717, 1.165) is 41.4 Å². The molecule has 0 fully saturated rings. The molecule has 7 rings (SSSR count). The highest BCUT2D eigenvalue weighted by Crippen LogP contribution is 2.35. The van der Waals surface area contributed by atoms with E-state index in [2.05, 4.69) is 67.3 Å². The summed E-state index contributed by atoms with van der Waals surface area (Å²) in [5.74, 6) is 0. The molecule has 0 unspecified atom stereocenters. The first-order valence-corrected chi connectivity index (χ1v) is 13.8. The van der Waals surface area contributed by atoms with Gasteiger partial charge in [0, 0.05) is 41.7 Å². The lowest BCUT2D eigenvalue weighted by atomic mass is 9.86. The molecular weight excluding hydrogens is 484 g/mol. The van der Waals surface area contributed by atoms with Gasteiger partial charge in [0.1, 0.15) is 11.2 Å². The summed E-state index contributed by atoms with van der Waals surface area (Å²) >= 11 is 0.